The van der Waals surface area contributed by atoms with Crippen molar-refractivity contribution in [2.75, 3.05) is 19.6 Å². The number of nitrogens with zero attached hydrogens (tertiary/aromatic N) is 12. The molecule has 0 aliphatic carbocycles. The van der Waals surface area contributed by atoms with Gasteiger partial charge in [0.25, 0.3) is 0 Å². The lowest BCUT2D eigenvalue weighted by molar-refractivity contribution is 0.529. The van der Waals surface area contributed by atoms with Crippen LogP contribution in [0.5, 0.6) is 0 Å². The first-order chi connectivity index (χ1) is 33.1. The first-order valence-corrected chi connectivity index (χ1v) is 21.3. The SMILES string of the molecule is Cc1ncoc1N(c1ocnc1C)c1cc(N(c2ocnc2C)c2ocnc2C)c2ccc3c(N(c4ocnc4C)c4ocnc4C)cc(N(c4ocnc4C)c4ocnc4C)c4ccc1c2c43. The maximum Gasteiger partial charge on any atom is 0.230 e. The highest BCUT2D eigenvalue weighted by Gasteiger charge is 2.35. The number of anilines is 12. The van der Waals surface area contributed by atoms with Crippen LogP contribution in [0.15, 0.2) is 123 Å². The summed E-state index contributed by atoms with van der Waals surface area (Å²) in [6.07, 6.45) is 11.2. The lowest BCUT2D eigenvalue weighted by Crippen LogP contribution is -2.17. The zero-order valence-corrected chi connectivity index (χ0v) is 37.7. The van der Waals surface area contributed by atoms with Crippen molar-refractivity contribution in [3.63, 3.8) is 0 Å². The van der Waals surface area contributed by atoms with Crippen molar-refractivity contribution in [3.8, 4) is 0 Å². The molecule has 0 unspecified atom stereocenters. The van der Waals surface area contributed by atoms with Crippen molar-refractivity contribution < 1.29 is 35.3 Å². The molecule has 0 N–H and O–H groups in total. The number of aromatic nitrogens is 8. The van der Waals surface area contributed by atoms with E-state index in [2.05, 4.69) is 64.1 Å². The van der Waals surface area contributed by atoms with E-state index in [-0.39, 0.29) is 0 Å². The van der Waals surface area contributed by atoms with Crippen LogP contribution in [0.2, 0.25) is 0 Å². The molecule has 0 saturated carbocycles. The molecule has 0 aliphatic rings. The summed E-state index contributed by atoms with van der Waals surface area (Å²) in [5.41, 5.74) is 7.37. The van der Waals surface area contributed by atoms with E-state index in [4.69, 9.17) is 35.3 Å². The fourth-order valence-electron chi connectivity index (χ4n) is 8.99. The molecule has 0 bridgehead atoms. The second-order valence-corrected chi connectivity index (χ2v) is 16.2. The van der Waals surface area contributed by atoms with E-state index in [0.717, 1.165) is 32.3 Å². The Labute approximate surface area is 384 Å². The van der Waals surface area contributed by atoms with Gasteiger partial charge in [0.05, 0.1) is 22.7 Å². The third kappa shape index (κ3) is 5.92. The Morgan fingerprint density at radius 2 is 0.426 bits per heavy atom. The number of benzene rings is 4. The number of hydrogen-bond acceptors (Lipinski definition) is 20. The first-order valence-electron chi connectivity index (χ1n) is 21.3. The lowest BCUT2D eigenvalue weighted by Gasteiger charge is -2.30. The largest absolute Gasteiger partial charge is 0.427 e. The highest BCUT2D eigenvalue weighted by Crippen LogP contribution is 2.56. The quantitative estimate of drug-likeness (QED) is 0.104. The van der Waals surface area contributed by atoms with Gasteiger partial charge in [0, 0.05) is 32.3 Å². The zero-order valence-electron chi connectivity index (χ0n) is 37.7. The normalized spacial score (nSPS) is 11.8. The summed E-state index contributed by atoms with van der Waals surface area (Å²) in [5.74, 6) is 3.27. The summed E-state index contributed by atoms with van der Waals surface area (Å²) < 4.78 is 49.8. The van der Waals surface area contributed by atoms with E-state index in [1.165, 1.54) is 51.1 Å². The molecular formula is C48H38N12O8. The van der Waals surface area contributed by atoms with Crippen LogP contribution < -0.4 is 19.6 Å². The molecule has 12 aromatic rings. The van der Waals surface area contributed by atoms with Gasteiger partial charge in [-0.3, -0.25) is 0 Å². The van der Waals surface area contributed by atoms with Gasteiger partial charge >= 0.3 is 0 Å². The van der Waals surface area contributed by atoms with Crippen molar-refractivity contribution in [2.45, 2.75) is 55.4 Å². The summed E-state index contributed by atoms with van der Waals surface area (Å²) >= 11 is 0. The predicted octanol–water partition coefficient (Wildman–Crippen LogP) is 12.8. The summed E-state index contributed by atoms with van der Waals surface area (Å²) in [6, 6.07) is 12.3. The van der Waals surface area contributed by atoms with Gasteiger partial charge in [-0.2, -0.15) is 0 Å². The Morgan fingerprint density at radius 1 is 0.265 bits per heavy atom. The highest BCUT2D eigenvalue weighted by molar-refractivity contribution is 6.32. The Balaban J connectivity index is 1.30. The predicted molar refractivity (Wildman–Crippen MR) is 247 cm³/mol. The number of hydrogen-bond donors (Lipinski definition) is 0. The molecule has 0 radical (unpaired) electrons. The third-order valence-corrected chi connectivity index (χ3v) is 12.2. The van der Waals surface area contributed by atoms with Gasteiger partial charge in [-0.1, -0.05) is 24.3 Å². The van der Waals surface area contributed by atoms with E-state index < -0.39 is 0 Å². The number of aryl methyl sites for hydroxylation is 8. The van der Waals surface area contributed by atoms with Gasteiger partial charge in [-0.15, -0.1) is 0 Å². The molecule has 0 saturated heterocycles. The first kappa shape index (κ1) is 40.3. The molecule has 8 aromatic heterocycles. The van der Waals surface area contributed by atoms with Crippen LogP contribution in [0.25, 0.3) is 32.3 Å². The molecule has 8 heterocycles. The monoisotopic (exact) mass is 910 g/mol. The minimum absolute atomic E-state index is 0.408. The van der Waals surface area contributed by atoms with Crippen LogP contribution in [-0.2, 0) is 0 Å². The molecular weight excluding hydrogens is 873 g/mol. The number of rotatable bonds is 12. The maximum atomic E-state index is 6.22. The van der Waals surface area contributed by atoms with E-state index in [0.29, 0.717) is 115 Å². The van der Waals surface area contributed by atoms with Crippen molar-refractivity contribution in [1.29, 1.82) is 0 Å². The van der Waals surface area contributed by atoms with Gasteiger partial charge in [0.15, 0.2) is 51.1 Å². The van der Waals surface area contributed by atoms with Crippen LogP contribution in [0.1, 0.15) is 45.6 Å². The summed E-state index contributed by atoms with van der Waals surface area (Å²) in [5, 5.41) is 4.77. The molecule has 12 rings (SSSR count). The average Bonchev–Trinajstić information content (AvgIpc) is 4.20. The minimum atomic E-state index is 0.408. The zero-order chi connectivity index (χ0) is 46.5. The standard InChI is InChI=1S/C48H38N12O8/c1-23-41(61-15-49-23)57(42-24(2)50-16-62-42)35-13-36(58(43-25(3)51-17-63-43)44-26(4)52-18-64-44)32-11-12-34-38(60(47-29(7)55-21-67-47)48-30(8)56-22-68-48)14-37(33-10-9-31(35)39(32)40(33)34)59(45-27(5)53-19-65-45)46-28(6)54-20-66-46/h9-22H,1-8H3. The van der Waals surface area contributed by atoms with Crippen LogP contribution in [0.4, 0.5) is 69.8 Å². The Hall–Kier alpha value is -9.20. The van der Waals surface area contributed by atoms with Gasteiger partial charge < -0.3 is 35.3 Å². The smallest absolute Gasteiger partial charge is 0.230 e. The van der Waals surface area contributed by atoms with Crippen LogP contribution in [0, 0.1) is 55.4 Å². The van der Waals surface area contributed by atoms with Crippen LogP contribution in [-0.4, -0.2) is 39.9 Å². The third-order valence-electron chi connectivity index (χ3n) is 12.2. The number of oxazole rings is 8. The molecule has 0 spiro atoms. The molecule has 0 amide bonds. The lowest BCUT2D eigenvalue weighted by atomic mass is 9.89. The Morgan fingerprint density at radius 3 is 0.559 bits per heavy atom. The Kier molecular flexibility index (Phi) is 9.01. The van der Waals surface area contributed by atoms with Gasteiger partial charge in [0.1, 0.15) is 45.6 Å². The molecule has 0 fully saturated rings. The van der Waals surface area contributed by atoms with Crippen molar-refractivity contribution >= 4 is 102 Å². The summed E-state index contributed by atoms with van der Waals surface area (Å²) in [6.45, 7) is 14.9. The molecule has 68 heavy (non-hydrogen) atoms. The van der Waals surface area contributed by atoms with E-state index in [1.807, 2.05) is 87.1 Å². The average molecular weight is 911 g/mol. The highest BCUT2D eigenvalue weighted by atomic mass is 16.4. The topological polar surface area (TPSA) is 221 Å². The fraction of sp³-hybridized carbons (Fsp3) is 0.167. The van der Waals surface area contributed by atoms with Crippen molar-refractivity contribution in [3.05, 3.63) is 133 Å². The molecule has 0 atom stereocenters. The second-order valence-electron chi connectivity index (χ2n) is 16.2. The van der Waals surface area contributed by atoms with Crippen molar-refractivity contribution in [2.24, 2.45) is 0 Å². The fourth-order valence-corrected chi connectivity index (χ4v) is 8.99. The second kappa shape index (κ2) is 15.2. The van der Waals surface area contributed by atoms with Gasteiger partial charge in [-0.25, -0.2) is 59.5 Å². The van der Waals surface area contributed by atoms with Gasteiger partial charge in [0.2, 0.25) is 47.1 Å². The maximum absolute atomic E-state index is 6.22. The Bertz CT molecular complexity index is 3180. The van der Waals surface area contributed by atoms with E-state index in [9.17, 15) is 0 Å². The van der Waals surface area contributed by atoms with E-state index >= 15 is 0 Å². The van der Waals surface area contributed by atoms with Crippen LogP contribution in [0.3, 0.4) is 0 Å². The molecule has 20 nitrogen and oxygen atoms in total. The van der Waals surface area contributed by atoms with Crippen LogP contribution >= 0.6 is 0 Å². The summed E-state index contributed by atoms with van der Waals surface area (Å²) in [4.78, 5) is 43.7. The van der Waals surface area contributed by atoms with Crippen molar-refractivity contribution in [1.82, 2.24) is 39.9 Å². The summed E-state index contributed by atoms with van der Waals surface area (Å²) in [7, 11) is 0. The van der Waals surface area contributed by atoms with Gasteiger partial charge in [-0.05, 0) is 67.5 Å². The molecule has 20 heteroatoms. The molecule has 4 aromatic carbocycles. The molecule has 0 aliphatic heterocycles. The molecule has 338 valence electrons. The van der Waals surface area contributed by atoms with E-state index in [1.54, 1.807) is 0 Å². The minimum Gasteiger partial charge on any atom is -0.427 e.